The molecule has 3 bridgehead atoms. The number of hydrogen-bond donors (Lipinski definition) is 1. The first-order valence-electron chi connectivity index (χ1n) is 15.2. The van der Waals surface area contributed by atoms with Crippen LogP contribution in [0.2, 0.25) is 0 Å². The van der Waals surface area contributed by atoms with E-state index in [1.165, 1.54) is 50.5 Å². The number of nitrogens with one attached hydrogen (secondary N) is 1. The number of aromatic amines is 1. The van der Waals surface area contributed by atoms with E-state index in [0.29, 0.717) is 24.0 Å². The fraction of sp³-hybridized carbons (Fsp3) is 0.500. The molecule has 2 heterocycles. The molecule has 7 atom stereocenters. The highest BCUT2D eigenvalue weighted by Gasteiger charge is 2.70. The van der Waals surface area contributed by atoms with E-state index in [4.69, 9.17) is 21.1 Å². The Balaban J connectivity index is 1.08. The van der Waals surface area contributed by atoms with Gasteiger partial charge >= 0.3 is 11.9 Å². The average molecular weight is 587 g/mol. The summed E-state index contributed by atoms with van der Waals surface area (Å²) in [6.07, 6.45) is 8.14. The molecular weight excluding hydrogens is 552 g/mol. The van der Waals surface area contributed by atoms with Crippen molar-refractivity contribution >= 4 is 40.3 Å². The van der Waals surface area contributed by atoms with Crippen LogP contribution >= 0.6 is 11.6 Å². The number of carbonyl (C=O) groups is 3. The predicted molar refractivity (Wildman–Crippen MR) is 157 cm³/mol. The number of H-pyrrole nitrogens is 1. The van der Waals surface area contributed by atoms with Gasteiger partial charge in [0.05, 0.1) is 25.3 Å². The Morgan fingerprint density at radius 3 is 2.62 bits per heavy atom. The number of rotatable bonds is 6. The Labute approximate surface area is 249 Å². The molecule has 1 aliphatic heterocycles. The molecule has 42 heavy (non-hydrogen) atoms. The van der Waals surface area contributed by atoms with Gasteiger partial charge < -0.3 is 19.4 Å². The van der Waals surface area contributed by atoms with Crippen LogP contribution in [0.4, 0.5) is 0 Å². The lowest BCUT2D eigenvalue weighted by Gasteiger charge is -2.49. The molecule has 1 spiro atoms. The van der Waals surface area contributed by atoms with Gasteiger partial charge in [-0.3, -0.25) is 4.79 Å². The van der Waals surface area contributed by atoms with Gasteiger partial charge in [-0.25, -0.2) is 9.59 Å². The lowest BCUT2D eigenvalue weighted by atomic mass is 9.55. The zero-order valence-corrected chi connectivity index (χ0v) is 24.5. The quantitative estimate of drug-likeness (QED) is 0.291. The van der Waals surface area contributed by atoms with Crippen molar-refractivity contribution in [2.24, 2.45) is 28.6 Å². The van der Waals surface area contributed by atoms with Crippen LogP contribution in [0.3, 0.4) is 0 Å². The third kappa shape index (κ3) is 3.68. The van der Waals surface area contributed by atoms with Gasteiger partial charge in [0.1, 0.15) is 11.9 Å². The highest BCUT2D eigenvalue weighted by Crippen LogP contribution is 2.78. The molecule has 1 unspecified atom stereocenters. The number of amides is 1. The molecule has 1 amide bonds. The van der Waals surface area contributed by atoms with E-state index in [1.54, 1.807) is 12.1 Å². The Bertz CT molecular complexity index is 1610. The topological polar surface area (TPSA) is 88.7 Å². The van der Waals surface area contributed by atoms with Gasteiger partial charge in [-0.05, 0) is 91.0 Å². The van der Waals surface area contributed by atoms with E-state index in [2.05, 4.69) is 4.98 Å². The second kappa shape index (κ2) is 9.34. The summed E-state index contributed by atoms with van der Waals surface area (Å²) in [7, 11) is 1.33. The van der Waals surface area contributed by atoms with E-state index in [-0.39, 0.29) is 23.2 Å². The number of ether oxygens (including phenoxy) is 2. The van der Waals surface area contributed by atoms with Crippen LogP contribution < -0.4 is 0 Å². The zero-order chi connectivity index (χ0) is 28.8. The first-order valence-corrected chi connectivity index (χ1v) is 15.7. The minimum absolute atomic E-state index is 0.161. The number of benzene rings is 2. The van der Waals surface area contributed by atoms with E-state index in [1.807, 2.05) is 36.4 Å². The molecule has 8 rings (SSSR count). The summed E-state index contributed by atoms with van der Waals surface area (Å²) in [5.41, 5.74) is 4.72. The first kappa shape index (κ1) is 26.3. The fourth-order valence-electron chi connectivity index (χ4n) is 10.1. The molecule has 1 N–H and O–H groups in total. The molecule has 0 radical (unpaired) electrons. The monoisotopic (exact) mass is 586 g/mol. The maximum atomic E-state index is 13.3. The summed E-state index contributed by atoms with van der Waals surface area (Å²) in [5, 5.41) is 1.01. The first-order chi connectivity index (χ1) is 20.3. The normalized spacial score (nSPS) is 33.7. The second-order valence-electron chi connectivity index (χ2n) is 13.6. The van der Waals surface area contributed by atoms with Crippen molar-refractivity contribution < 1.29 is 23.9 Å². The highest BCUT2D eigenvalue weighted by molar-refractivity contribution is 6.27. The Morgan fingerprint density at radius 2 is 1.83 bits per heavy atom. The van der Waals surface area contributed by atoms with Crippen molar-refractivity contribution in [3.8, 4) is 0 Å². The van der Waals surface area contributed by atoms with E-state index < -0.39 is 18.1 Å². The van der Waals surface area contributed by atoms with Gasteiger partial charge in [-0.2, -0.15) is 0 Å². The number of alkyl halides is 1. The van der Waals surface area contributed by atoms with Crippen LogP contribution in [0.1, 0.15) is 71.7 Å². The van der Waals surface area contributed by atoms with Gasteiger partial charge in [-0.15, -0.1) is 11.6 Å². The van der Waals surface area contributed by atoms with Crippen LogP contribution in [-0.2, 0) is 25.5 Å². The molecule has 8 heteroatoms. The van der Waals surface area contributed by atoms with E-state index in [9.17, 15) is 14.4 Å². The summed E-state index contributed by atoms with van der Waals surface area (Å²) in [5.74, 6) is 1.14. The maximum Gasteiger partial charge on any atom is 0.338 e. The van der Waals surface area contributed by atoms with Crippen molar-refractivity contribution in [1.29, 1.82) is 0 Å². The molecule has 4 fully saturated rings. The van der Waals surface area contributed by atoms with Crippen LogP contribution in [-0.4, -0.2) is 53.4 Å². The van der Waals surface area contributed by atoms with Crippen LogP contribution in [0.5, 0.6) is 0 Å². The molecule has 5 aliphatic rings. The van der Waals surface area contributed by atoms with Gasteiger partial charge in [0.25, 0.3) is 0 Å². The predicted octanol–water partition coefficient (Wildman–Crippen LogP) is 5.80. The van der Waals surface area contributed by atoms with Crippen molar-refractivity contribution in [3.05, 3.63) is 70.9 Å². The molecule has 218 valence electrons. The third-order valence-corrected chi connectivity index (χ3v) is 11.8. The molecule has 2 aromatic carbocycles. The van der Waals surface area contributed by atoms with Crippen LogP contribution in [0, 0.1) is 28.6 Å². The number of halogens is 1. The summed E-state index contributed by atoms with van der Waals surface area (Å²) in [6, 6.07) is 13.7. The van der Waals surface area contributed by atoms with E-state index in [0.717, 1.165) is 45.5 Å². The molecule has 4 saturated carbocycles. The summed E-state index contributed by atoms with van der Waals surface area (Å²) in [6.45, 7) is 0.509. The Hall–Kier alpha value is -3.32. The molecule has 0 saturated heterocycles. The minimum atomic E-state index is -0.826. The Kier molecular flexibility index (Phi) is 5.85. The lowest BCUT2D eigenvalue weighted by Crippen LogP contribution is -2.52. The van der Waals surface area contributed by atoms with Crippen molar-refractivity contribution in [2.45, 2.75) is 57.0 Å². The second-order valence-corrected chi connectivity index (χ2v) is 13.9. The average Bonchev–Trinajstić information content (AvgIpc) is 3.55. The number of aromatic nitrogens is 1. The van der Waals surface area contributed by atoms with E-state index >= 15 is 0 Å². The van der Waals surface area contributed by atoms with Gasteiger partial charge in [0.2, 0.25) is 5.91 Å². The number of nitrogens with zero attached hydrogens (tertiary/aromatic N) is 1. The number of esters is 2. The van der Waals surface area contributed by atoms with Gasteiger partial charge in [0.15, 0.2) is 0 Å². The summed E-state index contributed by atoms with van der Waals surface area (Å²) >= 11 is 6.07. The standard InChI is InChI=1S/C34H35ClN2O5/c1-41-32(40)27-12-25-24-4-2-3-5-26(24)36-29(25)30(37(27)28(38)16-35)20-6-8-21(9-7-20)31(39)42-18-33-13-19-10-22-11-23(15-33)34(22,14-19)17-33/h2-9,19,22-23,27,30,36H,10-18H2,1H3/t19-,22-,23+,27-,30+,33-,34?/m1/s1. The van der Waals surface area contributed by atoms with Crippen molar-refractivity contribution in [3.63, 3.8) is 0 Å². The molecule has 1 aromatic heterocycles. The lowest BCUT2D eigenvalue weighted by molar-refractivity contribution is -0.154. The maximum absolute atomic E-state index is 13.3. The van der Waals surface area contributed by atoms with Gasteiger partial charge in [0, 0.05) is 28.4 Å². The molecule has 3 aromatic rings. The smallest absolute Gasteiger partial charge is 0.338 e. The van der Waals surface area contributed by atoms with Gasteiger partial charge in [-0.1, -0.05) is 30.3 Å². The number of hydrogen-bond acceptors (Lipinski definition) is 5. The third-order valence-electron chi connectivity index (χ3n) is 11.6. The van der Waals surface area contributed by atoms with Crippen molar-refractivity contribution in [1.82, 2.24) is 9.88 Å². The Morgan fingerprint density at radius 1 is 1.02 bits per heavy atom. The summed E-state index contributed by atoms with van der Waals surface area (Å²) < 4.78 is 11.1. The molecular formula is C34H35ClN2O5. The minimum Gasteiger partial charge on any atom is -0.467 e. The SMILES string of the molecule is COC(=O)[C@H]1Cc2c([nH]c3ccccc23)[C@H](c2ccc(C(=O)OC[C@]34C[C@H]5C[C@@H]6C[C@@H](C3)C6(C5)C4)cc2)N1C(=O)CCl. The molecule has 7 nitrogen and oxygen atoms in total. The highest BCUT2D eigenvalue weighted by atomic mass is 35.5. The number of methoxy groups -OCH3 is 1. The van der Waals surface area contributed by atoms with Crippen LogP contribution in [0.25, 0.3) is 10.9 Å². The van der Waals surface area contributed by atoms with Crippen LogP contribution in [0.15, 0.2) is 48.5 Å². The fourth-order valence-corrected chi connectivity index (χ4v) is 10.3. The number of fused-ring (bicyclic) bond motifs is 5. The number of carbonyl (C=O) groups excluding carboxylic acids is 3. The number of para-hydroxylation sites is 1. The largest absolute Gasteiger partial charge is 0.467 e. The van der Waals surface area contributed by atoms with Crippen molar-refractivity contribution in [2.75, 3.05) is 19.6 Å². The zero-order valence-electron chi connectivity index (χ0n) is 23.7. The summed E-state index contributed by atoms with van der Waals surface area (Å²) in [4.78, 5) is 44.5. The molecule has 4 aliphatic carbocycles.